The Morgan fingerprint density at radius 1 is 1.04 bits per heavy atom. The second-order valence-corrected chi connectivity index (χ2v) is 6.41. The fraction of sp³-hybridized carbons (Fsp3) is 0.158. The predicted molar refractivity (Wildman–Crippen MR) is 102 cm³/mol. The van der Waals surface area contributed by atoms with Gasteiger partial charge in [0.1, 0.15) is 11.5 Å². The number of ether oxygens (including phenoxy) is 2. The zero-order chi connectivity index (χ0) is 18.5. The lowest BCUT2D eigenvalue weighted by atomic mass is 10.2. The minimum absolute atomic E-state index is 0.0975. The van der Waals surface area contributed by atoms with Crippen LogP contribution in [0.5, 0.6) is 11.5 Å². The Kier molecular flexibility index (Phi) is 5.48. The summed E-state index contributed by atoms with van der Waals surface area (Å²) in [7, 11) is 3.16. The molecule has 1 aliphatic rings. The van der Waals surface area contributed by atoms with Gasteiger partial charge in [-0.2, -0.15) is 0 Å². The summed E-state index contributed by atoms with van der Waals surface area (Å²) >= 11 is 0.920. The summed E-state index contributed by atoms with van der Waals surface area (Å²) in [5.74, 6) is 1.06. The van der Waals surface area contributed by atoms with Gasteiger partial charge in [-0.15, -0.1) is 0 Å². The Bertz CT molecular complexity index is 849. The molecule has 0 unspecified atom stereocenters. The molecule has 26 heavy (non-hydrogen) atoms. The summed E-state index contributed by atoms with van der Waals surface area (Å²) in [6.45, 7) is 0.0975. The van der Waals surface area contributed by atoms with Crippen LogP contribution in [0.15, 0.2) is 53.4 Å². The Morgan fingerprint density at radius 3 is 2.46 bits per heavy atom. The van der Waals surface area contributed by atoms with Crippen molar-refractivity contribution in [2.45, 2.75) is 0 Å². The number of benzene rings is 2. The van der Waals surface area contributed by atoms with Gasteiger partial charge < -0.3 is 14.8 Å². The fourth-order valence-electron chi connectivity index (χ4n) is 2.44. The van der Waals surface area contributed by atoms with Crippen LogP contribution in [0.4, 0.5) is 10.5 Å². The minimum atomic E-state index is -0.327. The van der Waals surface area contributed by atoms with Crippen molar-refractivity contribution in [1.82, 2.24) is 4.90 Å². The highest BCUT2D eigenvalue weighted by Crippen LogP contribution is 2.33. The van der Waals surface area contributed by atoms with E-state index < -0.39 is 0 Å². The topological polar surface area (TPSA) is 67.9 Å². The van der Waals surface area contributed by atoms with E-state index in [0.29, 0.717) is 10.7 Å². The number of carbonyl (C=O) groups excluding carboxylic acids is 2. The third-order valence-electron chi connectivity index (χ3n) is 3.83. The standard InChI is InChI=1S/C19H18N2O4S/c1-24-15-9-7-14(8-10-15)20-12-21-18(22)17(26-19(21)23)11-13-5-3-4-6-16(13)25-2/h3-11,20H,12H2,1-2H3/b17-11+. The average Bonchev–Trinajstić information content (AvgIpc) is 2.94. The second kappa shape index (κ2) is 7.97. The van der Waals surface area contributed by atoms with E-state index in [1.54, 1.807) is 38.5 Å². The van der Waals surface area contributed by atoms with Crippen LogP contribution in [0.2, 0.25) is 0 Å². The summed E-state index contributed by atoms with van der Waals surface area (Å²) in [4.78, 5) is 26.3. The molecule has 0 saturated carbocycles. The van der Waals surface area contributed by atoms with Crippen LogP contribution in [0.1, 0.15) is 5.56 Å². The van der Waals surface area contributed by atoms with Gasteiger partial charge >= 0.3 is 0 Å². The first-order valence-corrected chi connectivity index (χ1v) is 8.70. The van der Waals surface area contributed by atoms with Crippen molar-refractivity contribution in [2.75, 3.05) is 26.2 Å². The molecule has 1 aliphatic heterocycles. The molecule has 0 radical (unpaired) electrons. The smallest absolute Gasteiger partial charge is 0.295 e. The maximum Gasteiger partial charge on any atom is 0.295 e. The van der Waals surface area contributed by atoms with E-state index in [-0.39, 0.29) is 17.8 Å². The summed E-state index contributed by atoms with van der Waals surface area (Å²) in [6, 6.07) is 14.6. The Hall–Kier alpha value is -2.93. The van der Waals surface area contributed by atoms with Gasteiger partial charge in [-0.05, 0) is 48.2 Å². The molecule has 0 spiro atoms. The van der Waals surface area contributed by atoms with Crippen molar-refractivity contribution >= 4 is 34.7 Å². The zero-order valence-corrected chi connectivity index (χ0v) is 15.2. The minimum Gasteiger partial charge on any atom is -0.497 e. The van der Waals surface area contributed by atoms with Crippen LogP contribution in [-0.4, -0.2) is 36.9 Å². The summed E-state index contributed by atoms with van der Waals surface area (Å²) in [5.41, 5.74) is 1.54. The molecule has 2 aromatic carbocycles. The lowest BCUT2D eigenvalue weighted by Gasteiger charge is -2.14. The van der Waals surface area contributed by atoms with Crippen molar-refractivity contribution in [2.24, 2.45) is 0 Å². The van der Waals surface area contributed by atoms with E-state index in [9.17, 15) is 9.59 Å². The number of nitrogens with one attached hydrogen (secondary N) is 1. The van der Waals surface area contributed by atoms with Crippen molar-refractivity contribution in [1.29, 1.82) is 0 Å². The van der Waals surface area contributed by atoms with Gasteiger partial charge in [-0.25, -0.2) is 0 Å². The van der Waals surface area contributed by atoms with Crippen LogP contribution >= 0.6 is 11.8 Å². The summed E-state index contributed by atoms with van der Waals surface area (Å²) < 4.78 is 10.4. The van der Waals surface area contributed by atoms with Gasteiger partial charge in [0.2, 0.25) is 0 Å². The molecule has 1 fully saturated rings. The van der Waals surface area contributed by atoms with Crippen LogP contribution in [0, 0.1) is 0 Å². The first kappa shape index (κ1) is 17.9. The van der Waals surface area contributed by atoms with E-state index >= 15 is 0 Å². The van der Waals surface area contributed by atoms with Crippen molar-refractivity contribution < 1.29 is 19.1 Å². The lowest BCUT2D eigenvalue weighted by Crippen LogP contribution is -2.33. The molecule has 2 aromatic rings. The number of nitrogens with zero attached hydrogens (tertiary/aromatic N) is 1. The third-order valence-corrected chi connectivity index (χ3v) is 4.74. The molecule has 1 saturated heterocycles. The van der Waals surface area contributed by atoms with Crippen LogP contribution in [-0.2, 0) is 4.79 Å². The highest BCUT2D eigenvalue weighted by atomic mass is 32.2. The zero-order valence-electron chi connectivity index (χ0n) is 14.4. The number of imide groups is 1. The quantitative estimate of drug-likeness (QED) is 0.780. The molecule has 3 rings (SSSR count). The van der Waals surface area contributed by atoms with Crippen LogP contribution in [0.25, 0.3) is 6.08 Å². The Balaban J connectivity index is 1.71. The van der Waals surface area contributed by atoms with Gasteiger partial charge in [0.05, 0.1) is 25.8 Å². The van der Waals surface area contributed by atoms with E-state index in [0.717, 1.165) is 28.8 Å². The first-order valence-electron chi connectivity index (χ1n) is 7.88. The molecule has 1 N–H and O–H groups in total. The third kappa shape index (κ3) is 3.83. The maximum atomic E-state index is 12.6. The highest BCUT2D eigenvalue weighted by molar-refractivity contribution is 8.18. The molecule has 0 aliphatic carbocycles. The predicted octanol–water partition coefficient (Wildman–Crippen LogP) is 3.81. The van der Waals surface area contributed by atoms with Crippen molar-refractivity contribution in [3.8, 4) is 11.5 Å². The Morgan fingerprint density at radius 2 is 1.77 bits per heavy atom. The lowest BCUT2D eigenvalue weighted by molar-refractivity contribution is -0.122. The normalized spacial score (nSPS) is 15.5. The number of anilines is 1. The molecule has 0 bridgehead atoms. The highest BCUT2D eigenvalue weighted by Gasteiger charge is 2.34. The van der Waals surface area contributed by atoms with Gasteiger partial charge in [-0.1, -0.05) is 18.2 Å². The van der Waals surface area contributed by atoms with Crippen molar-refractivity contribution in [3.63, 3.8) is 0 Å². The van der Waals surface area contributed by atoms with E-state index in [2.05, 4.69) is 5.32 Å². The van der Waals surface area contributed by atoms with Gasteiger partial charge in [0.15, 0.2) is 0 Å². The van der Waals surface area contributed by atoms with Crippen molar-refractivity contribution in [3.05, 3.63) is 59.0 Å². The maximum absolute atomic E-state index is 12.6. The van der Waals surface area contributed by atoms with Gasteiger partial charge in [0, 0.05) is 11.3 Å². The number of amides is 2. The summed E-state index contributed by atoms with van der Waals surface area (Å²) in [5, 5.41) is 2.76. The molecule has 2 amide bonds. The number of hydrogen-bond acceptors (Lipinski definition) is 6. The molecule has 7 heteroatoms. The number of thioether (sulfide) groups is 1. The molecule has 1 heterocycles. The van der Waals surface area contributed by atoms with E-state index in [1.807, 2.05) is 30.3 Å². The van der Waals surface area contributed by atoms with E-state index in [1.165, 1.54) is 4.90 Å². The average molecular weight is 370 g/mol. The van der Waals surface area contributed by atoms with Gasteiger partial charge in [0.25, 0.3) is 11.1 Å². The number of hydrogen-bond donors (Lipinski definition) is 1. The molecule has 0 atom stereocenters. The SMILES string of the molecule is COc1ccc(NCN2C(=O)S/C(=C/c3ccccc3OC)C2=O)cc1. The number of rotatable bonds is 6. The first-order chi connectivity index (χ1) is 12.6. The summed E-state index contributed by atoms with van der Waals surface area (Å²) in [6.07, 6.45) is 1.68. The molecule has 6 nitrogen and oxygen atoms in total. The van der Waals surface area contributed by atoms with E-state index in [4.69, 9.17) is 9.47 Å². The van der Waals surface area contributed by atoms with Crippen LogP contribution < -0.4 is 14.8 Å². The number of methoxy groups -OCH3 is 2. The molecular formula is C19H18N2O4S. The fourth-order valence-corrected chi connectivity index (χ4v) is 3.27. The molecule has 134 valence electrons. The largest absolute Gasteiger partial charge is 0.497 e. The molecular weight excluding hydrogens is 352 g/mol. The number of para-hydroxylation sites is 1. The Labute approximate surface area is 155 Å². The van der Waals surface area contributed by atoms with Crippen LogP contribution in [0.3, 0.4) is 0 Å². The molecule has 0 aromatic heterocycles. The second-order valence-electron chi connectivity index (χ2n) is 5.42. The number of carbonyl (C=O) groups is 2. The van der Waals surface area contributed by atoms with Gasteiger partial charge in [-0.3, -0.25) is 14.5 Å². The monoisotopic (exact) mass is 370 g/mol.